The third-order valence-electron chi connectivity index (χ3n) is 2.91. The molecule has 0 spiro atoms. The van der Waals surface area contributed by atoms with Crippen molar-refractivity contribution in [2.45, 2.75) is 13.3 Å². The molecule has 0 heterocycles. The van der Waals surface area contributed by atoms with E-state index < -0.39 is 11.7 Å². The van der Waals surface area contributed by atoms with Gasteiger partial charge in [-0.05, 0) is 24.5 Å². The van der Waals surface area contributed by atoms with Gasteiger partial charge >= 0.3 is 5.97 Å². The highest BCUT2D eigenvalue weighted by Crippen LogP contribution is 2.38. The lowest BCUT2D eigenvalue weighted by Crippen LogP contribution is -2.22. The summed E-state index contributed by atoms with van der Waals surface area (Å²) in [5.41, 5.74) is 0.0818. The van der Waals surface area contributed by atoms with Gasteiger partial charge in [0.2, 0.25) is 0 Å². The van der Waals surface area contributed by atoms with Crippen LogP contribution >= 0.6 is 0 Å². The monoisotopic (exact) mass is 251 g/mol. The van der Waals surface area contributed by atoms with Gasteiger partial charge in [-0.1, -0.05) is 19.1 Å². The fourth-order valence-corrected chi connectivity index (χ4v) is 1.64. The van der Waals surface area contributed by atoms with Crippen LogP contribution in [-0.2, 0) is 14.3 Å². The molecular formula is C13H14FNO3. The topological polar surface area (TPSA) is 55.4 Å². The summed E-state index contributed by atoms with van der Waals surface area (Å²) < 4.78 is 18.1. The van der Waals surface area contributed by atoms with Crippen molar-refractivity contribution >= 4 is 17.6 Å². The Kier molecular flexibility index (Phi) is 3.60. The second-order valence-corrected chi connectivity index (χ2v) is 4.46. The van der Waals surface area contributed by atoms with E-state index in [0.717, 1.165) is 6.42 Å². The number of ether oxygens (including phenoxy) is 1. The third kappa shape index (κ3) is 3.06. The van der Waals surface area contributed by atoms with Crippen LogP contribution in [0.2, 0.25) is 0 Å². The summed E-state index contributed by atoms with van der Waals surface area (Å²) in [6.45, 7) is 1.57. The lowest BCUT2D eigenvalue weighted by molar-refractivity contribution is -0.148. The number of halogens is 1. The first kappa shape index (κ1) is 12.5. The number of anilines is 1. The highest BCUT2D eigenvalue weighted by Gasteiger charge is 2.40. The summed E-state index contributed by atoms with van der Waals surface area (Å²) in [5, 5.41) is 2.34. The van der Waals surface area contributed by atoms with Crippen LogP contribution in [0.25, 0.3) is 0 Å². The molecule has 1 aromatic carbocycles. The van der Waals surface area contributed by atoms with Crippen LogP contribution < -0.4 is 5.32 Å². The molecule has 1 aromatic rings. The third-order valence-corrected chi connectivity index (χ3v) is 2.91. The Labute approximate surface area is 104 Å². The molecule has 0 unspecified atom stereocenters. The molecule has 96 valence electrons. The molecule has 0 saturated heterocycles. The number of rotatable bonds is 4. The number of carbonyl (C=O) groups excluding carboxylic acids is 2. The number of benzene rings is 1. The Morgan fingerprint density at radius 3 is 2.72 bits per heavy atom. The number of hydrogen-bond donors (Lipinski definition) is 1. The predicted molar refractivity (Wildman–Crippen MR) is 63.3 cm³/mol. The molecule has 5 heteroatoms. The van der Waals surface area contributed by atoms with Gasteiger partial charge in [-0.2, -0.15) is 0 Å². The molecule has 4 nitrogen and oxygen atoms in total. The van der Waals surface area contributed by atoms with E-state index in [1.165, 1.54) is 18.2 Å². The van der Waals surface area contributed by atoms with Crippen molar-refractivity contribution < 1.29 is 18.7 Å². The predicted octanol–water partition coefficient (Wildman–Crippen LogP) is 1.96. The van der Waals surface area contributed by atoms with Crippen LogP contribution in [0.3, 0.4) is 0 Å². The molecule has 2 atom stereocenters. The van der Waals surface area contributed by atoms with E-state index in [-0.39, 0.29) is 24.2 Å². The summed E-state index contributed by atoms with van der Waals surface area (Å²) in [6, 6.07) is 5.82. The molecular weight excluding hydrogens is 237 g/mol. The van der Waals surface area contributed by atoms with Crippen LogP contribution in [0.15, 0.2) is 24.3 Å². The van der Waals surface area contributed by atoms with Crippen molar-refractivity contribution in [1.29, 1.82) is 0 Å². The van der Waals surface area contributed by atoms with Crippen LogP contribution in [0, 0.1) is 17.7 Å². The van der Waals surface area contributed by atoms with E-state index >= 15 is 0 Å². The Hall–Kier alpha value is -1.91. The fourth-order valence-electron chi connectivity index (χ4n) is 1.64. The molecule has 1 aliphatic rings. The highest BCUT2D eigenvalue weighted by atomic mass is 19.1. The van der Waals surface area contributed by atoms with Gasteiger partial charge in [0.1, 0.15) is 5.82 Å². The van der Waals surface area contributed by atoms with Gasteiger partial charge in [-0.25, -0.2) is 4.39 Å². The van der Waals surface area contributed by atoms with Gasteiger partial charge in [0.15, 0.2) is 6.61 Å². The van der Waals surface area contributed by atoms with Gasteiger partial charge in [-0.15, -0.1) is 0 Å². The standard InChI is InChI=1S/C13H14FNO3/c1-8-6-9(8)13(17)18-7-12(16)15-11-5-3-2-4-10(11)14/h2-5,8-9H,6-7H2,1H3,(H,15,16)/t8-,9-/m0/s1. The summed E-state index contributed by atoms with van der Waals surface area (Å²) in [6.07, 6.45) is 0.813. The molecule has 0 aliphatic heterocycles. The van der Waals surface area contributed by atoms with Gasteiger partial charge < -0.3 is 10.1 Å². The number of amides is 1. The smallest absolute Gasteiger partial charge is 0.309 e. The Balaban J connectivity index is 1.79. The molecule has 18 heavy (non-hydrogen) atoms. The maximum atomic E-state index is 13.2. The highest BCUT2D eigenvalue weighted by molar-refractivity contribution is 5.93. The number of carbonyl (C=O) groups is 2. The minimum atomic E-state index is -0.540. The van der Waals surface area contributed by atoms with Crippen molar-refractivity contribution in [2.75, 3.05) is 11.9 Å². The van der Waals surface area contributed by atoms with Gasteiger partial charge in [0.05, 0.1) is 11.6 Å². The molecule has 1 aliphatic carbocycles. The van der Waals surface area contributed by atoms with Crippen molar-refractivity contribution in [2.24, 2.45) is 11.8 Å². The number of para-hydroxylation sites is 1. The molecule has 1 fully saturated rings. The van der Waals surface area contributed by atoms with Crippen molar-refractivity contribution in [3.63, 3.8) is 0 Å². The lowest BCUT2D eigenvalue weighted by atomic mass is 10.3. The van der Waals surface area contributed by atoms with E-state index in [4.69, 9.17) is 4.74 Å². The summed E-state index contributed by atoms with van der Waals surface area (Å²) in [5.74, 6) is -1.15. The zero-order valence-electron chi connectivity index (χ0n) is 9.98. The normalized spacial score (nSPS) is 21.2. The maximum absolute atomic E-state index is 13.2. The van der Waals surface area contributed by atoms with Crippen molar-refractivity contribution in [3.05, 3.63) is 30.1 Å². The Bertz CT molecular complexity index is 475. The minimum Gasteiger partial charge on any atom is -0.455 e. The van der Waals surface area contributed by atoms with Crippen LogP contribution in [0.4, 0.5) is 10.1 Å². The minimum absolute atomic E-state index is 0.0775. The molecule has 2 rings (SSSR count). The van der Waals surface area contributed by atoms with Crippen molar-refractivity contribution in [3.8, 4) is 0 Å². The summed E-state index contributed by atoms with van der Waals surface area (Å²) >= 11 is 0. The maximum Gasteiger partial charge on any atom is 0.309 e. The molecule has 1 amide bonds. The average Bonchev–Trinajstić information content (AvgIpc) is 3.06. The quantitative estimate of drug-likeness (QED) is 0.832. The van der Waals surface area contributed by atoms with Crippen molar-refractivity contribution in [1.82, 2.24) is 0 Å². The van der Waals surface area contributed by atoms with E-state index in [1.54, 1.807) is 6.07 Å². The number of esters is 1. The molecule has 0 radical (unpaired) electrons. The Morgan fingerprint density at radius 1 is 1.44 bits per heavy atom. The summed E-state index contributed by atoms with van der Waals surface area (Å²) in [4.78, 5) is 22.8. The second-order valence-electron chi connectivity index (χ2n) is 4.46. The SMILES string of the molecule is C[C@H]1C[C@@H]1C(=O)OCC(=O)Nc1ccccc1F. The largest absolute Gasteiger partial charge is 0.455 e. The number of hydrogen-bond acceptors (Lipinski definition) is 3. The molecule has 0 aromatic heterocycles. The van der Waals surface area contributed by atoms with Crippen LogP contribution in [0.1, 0.15) is 13.3 Å². The zero-order valence-corrected chi connectivity index (χ0v) is 9.98. The summed E-state index contributed by atoms with van der Waals surface area (Å²) in [7, 11) is 0. The first-order valence-corrected chi connectivity index (χ1v) is 5.79. The first-order valence-electron chi connectivity index (χ1n) is 5.79. The molecule has 0 bridgehead atoms. The zero-order chi connectivity index (χ0) is 13.1. The van der Waals surface area contributed by atoms with Gasteiger partial charge in [0.25, 0.3) is 5.91 Å². The first-order chi connectivity index (χ1) is 8.58. The average molecular weight is 251 g/mol. The van der Waals surface area contributed by atoms with Gasteiger partial charge in [0, 0.05) is 0 Å². The lowest BCUT2D eigenvalue weighted by Gasteiger charge is -2.06. The second kappa shape index (κ2) is 5.16. The van der Waals surface area contributed by atoms with Gasteiger partial charge in [-0.3, -0.25) is 9.59 Å². The molecule has 1 saturated carbocycles. The molecule has 1 N–H and O–H groups in total. The van der Waals surface area contributed by atoms with E-state index in [0.29, 0.717) is 5.92 Å². The van der Waals surface area contributed by atoms with E-state index in [2.05, 4.69) is 5.32 Å². The van der Waals surface area contributed by atoms with Crippen LogP contribution in [-0.4, -0.2) is 18.5 Å². The number of nitrogens with one attached hydrogen (secondary N) is 1. The Morgan fingerprint density at radius 2 is 2.11 bits per heavy atom. The van der Waals surface area contributed by atoms with E-state index in [1.807, 2.05) is 6.92 Å². The van der Waals surface area contributed by atoms with E-state index in [9.17, 15) is 14.0 Å². The van der Waals surface area contributed by atoms with Crippen LogP contribution in [0.5, 0.6) is 0 Å². The fraction of sp³-hybridized carbons (Fsp3) is 0.385.